The van der Waals surface area contributed by atoms with Crippen molar-refractivity contribution < 1.29 is 23.8 Å². The van der Waals surface area contributed by atoms with Gasteiger partial charge in [0.1, 0.15) is 11.5 Å². The molecule has 0 atom stereocenters. The third-order valence-electron chi connectivity index (χ3n) is 5.66. The van der Waals surface area contributed by atoms with E-state index in [-0.39, 0.29) is 11.6 Å². The van der Waals surface area contributed by atoms with Crippen molar-refractivity contribution in [2.24, 2.45) is 4.99 Å². The van der Waals surface area contributed by atoms with Crippen molar-refractivity contribution in [3.8, 4) is 11.5 Å². The molecule has 0 saturated heterocycles. The maximum absolute atomic E-state index is 13.7. The van der Waals surface area contributed by atoms with Gasteiger partial charge in [0, 0.05) is 5.56 Å². The summed E-state index contributed by atoms with van der Waals surface area (Å²) in [4.78, 5) is 31.9. The molecule has 0 bridgehead atoms. The predicted octanol–water partition coefficient (Wildman–Crippen LogP) is 5.41. The monoisotopic (exact) mass is 484 g/mol. The van der Waals surface area contributed by atoms with Crippen LogP contribution in [0.1, 0.15) is 40.9 Å². The standard InChI is InChI=1S/C29H28N2O5/c1-5-35-25-16-11-20(18-26(25)36-6-2)17-24-28(32)31(22-14-12-21(13-15-22)29(33)34-4)27(30-24)23-10-8-7-9-19(23)3/h7-18H,5-6H2,1-4H3. The fourth-order valence-electron chi connectivity index (χ4n) is 3.94. The smallest absolute Gasteiger partial charge is 0.337 e. The van der Waals surface area contributed by atoms with Crippen LogP contribution in [0.25, 0.3) is 6.08 Å². The number of esters is 1. The molecule has 1 amide bonds. The molecular weight excluding hydrogens is 456 g/mol. The van der Waals surface area contributed by atoms with Gasteiger partial charge in [-0.3, -0.25) is 9.69 Å². The van der Waals surface area contributed by atoms with Crippen molar-refractivity contribution in [3.63, 3.8) is 0 Å². The lowest BCUT2D eigenvalue weighted by molar-refractivity contribution is -0.113. The zero-order chi connectivity index (χ0) is 25.7. The number of methoxy groups -OCH3 is 1. The number of amides is 1. The second-order valence-corrected chi connectivity index (χ2v) is 8.03. The Morgan fingerprint density at radius 2 is 1.64 bits per heavy atom. The average molecular weight is 485 g/mol. The first-order valence-electron chi connectivity index (χ1n) is 11.8. The summed E-state index contributed by atoms with van der Waals surface area (Å²) in [5.74, 6) is 1.06. The second-order valence-electron chi connectivity index (χ2n) is 8.03. The van der Waals surface area contributed by atoms with Crippen LogP contribution in [-0.4, -0.2) is 38.0 Å². The number of hydrogen-bond donors (Lipinski definition) is 0. The normalized spacial score (nSPS) is 14.1. The molecule has 7 nitrogen and oxygen atoms in total. The average Bonchev–Trinajstić information content (AvgIpc) is 3.21. The van der Waals surface area contributed by atoms with Gasteiger partial charge in [0.25, 0.3) is 5.91 Å². The lowest BCUT2D eigenvalue weighted by Crippen LogP contribution is -2.33. The van der Waals surface area contributed by atoms with E-state index in [4.69, 9.17) is 19.2 Å². The van der Waals surface area contributed by atoms with E-state index in [0.29, 0.717) is 41.8 Å². The fraction of sp³-hybridized carbons (Fsp3) is 0.207. The summed E-state index contributed by atoms with van der Waals surface area (Å²) in [6.45, 7) is 6.81. The summed E-state index contributed by atoms with van der Waals surface area (Å²) in [7, 11) is 1.33. The van der Waals surface area contributed by atoms with Crippen LogP contribution >= 0.6 is 0 Å². The van der Waals surface area contributed by atoms with Crippen molar-refractivity contribution in [2.45, 2.75) is 20.8 Å². The number of ether oxygens (including phenoxy) is 3. The zero-order valence-corrected chi connectivity index (χ0v) is 20.8. The quantitative estimate of drug-likeness (QED) is 0.315. The van der Waals surface area contributed by atoms with Crippen molar-refractivity contribution in [3.05, 3.63) is 94.7 Å². The van der Waals surface area contributed by atoms with Crippen LogP contribution in [0.5, 0.6) is 11.5 Å². The Balaban J connectivity index is 1.78. The molecule has 4 rings (SSSR count). The van der Waals surface area contributed by atoms with Gasteiger partial charge in [-0.2, -0.15) is 0 Å². The Hall–Kier alpha value is -4.39. The SMILES string of the molecule is CCOc1ccc(C=C2N=C(c3ccccc3C)N(c3ccc(C(=O)OC)cc3)C2=O)cc1OCC. The van der Waals surface area contributed by atoms with Crippen molar-refractivity contribution in [2.75, 3.05) is 25.2 Å². The van der Waals surface area contributed by atoms with E-state index >= 15 is 0 Å². The first-order valence-corrected chi connectivity index (χ1v) is 11.8. The molecule has 0 aliphatic carbocycles. The van der Waals surface area contributed by atoms with Gasteiger partial charge in [0.2, 0.25) is 0 Å². The summed E-state index contributed by atoms with van der Waals surface area (Å²) in [5.41, 5.74) is 3.88. The third-order valence-corrected chi connectivity index (χ3v) is 5.66. The van der Waals surface area contributed by atoms with Gasteiger partial charge < -0.3 is 14.2 Å². The number of anilines is 1. The minimum atomic E-state index is -0.441. The summed E-state index contributed by atoms with van der Waals surface area (Å²) < 4.78 is 16.2. The molecule has 7 heteroatoms. The van der Waals surface area contributed by atoms with Crippen LogP contribution in [0.2, 0.25) is 0 Å². The van der Waals surface area contributed by atoms with Crippen LogP contribution in [0.4, 0.5) is 5.69 Å². The highest BCUT2D eigenvalue weighted by molar-refractivity contribution is 6.33. The maximum atomic E-state index is 13.7. The van der Waals surface area contributed by atoms with Gasteiger partial charge in [-0.1, -0.05) is 30.3 Å². The maximum Gasteiger partial charge on any atom is 0.337 e. The number of nitrogens with zero attached hydrogens (tertiary/aromatic N) is 2. The van der Waals surface area contributed by atoms with Crippen molar-refractivity contribution in [1.82, 2.24) is 0 Å². The fourth-order valence-corrected chi connectivity index (χ4v) is 3.94. The number of carbonyl (C=O) groups is 2. The Labute approximate surface area is 210 Å². The highest BCUT2D eigenvalue weighted by Crippen LogP contribution is 2.32. The Bertz CT molecular complexity index is 1340. The van der Waals surface area contributed by atoms with E-state index in [0.717, 1.165) is 16.7 Å². The second kappa shape index (κ2) is 10.9. The molecule has 0 unspecified atom stereocenters. The van der Waals surface area contributed by atoms with E-state index in [1.165, 1.54) is 7.11 Å². The van der Waals surface area contributed by atoms with Gasteiger partial charge in [-0.15, -0.1) is 0 Å². The highest BCUT2D eigenvalue weighted by Gasteiger charge is 2.33. The van der Waals surface area contributed by atoms with E-state index in [9.17, 15) is 9.59 Å². The largest absolute Gasteiger partial charge is 0.490 e. The molecule has 0 spiro atoms. The van der Waals surface area contributed by atoms with Crippen LogP contribution in [-0.2, 0) is 9.53 Å². The van der Waals surface area contributed by atoms with Gasteiger partial charge >= 0.3 is 5.97 Å². The molecular formula is C29H28N2O5. The number of amidine groups is 1. The summed E-state index contributed by atoms with van der Waals surface area (Å²) in [5, 5.41) is 0. The number of hydrogen-bond acceptors (Lipinski definition) is 6. The van der Waals surface area contributed by atoms with E-state index < -0.39 is 5.97 Å². The van der Waals surface area contributed by atoms with Crippen molar-refractivity contribution in [1.29, 1.82) is 0 Å². The zero-order valence-electron chi connectivity index (χ0n) is 20.8. The first-order chi connectivity index (χ1) is 17.5. The predicted molar refractivity (Wildman–Crippen MR) is 140 cm³/mol. The molecule has 0 fully saturated rings. The topological polar surface area (TPSA) is 77.4 Å². The minimum absolute atomic E-state index is 0.272. The van der Waals surface area contributed by atoms with Crippen molar-refractivity contribution >= 4 is 29.5 Å². The molecule has 0 aromatic heterocycles. The summed E-state index contributed by atoms with van der Waals surface area (Å²) in [6, 6.07) is 20.0. The molecule has 1 aliphatic heterocycles. The van der Waals surface area contributed by atoms with Gasteiger partial charge in [-0.05, 0) is 74.4 Å². The Morgan fingerprint density at radius 3 is 2.31 bits per heavy atom. The number of aryl methyl sites for hydroxylation is 1. The molecule has 0 N–H and O–H groups in total. The molecule has 3 aromatic rings. The lowest BCUT2D eigenvalue weighted by Gasteiger charge is -2.20. The van der Waals surface area contributed by atoms with E-state index in [1.54, 1.807) is 35.2 Å². The molecule has 1 heterocycles. The molecule has 184 valence electrons. The van der Waals surface area contributed by atoms with Crippen LogP contribution in [0.15, 0.2) is 77.4 Å². The minimum Gasteiger partial charge on any atom is -0.490 e. The van der Waals surface area contributed by atoms with Gasteiger partial charge in [-0.25, -0.2) is 9.79 Å². The van der Waals surface area contributed by atoms with Gasteiger partial charge in [0.15, 0.2) is 11.5 Å². The number of aliphatic imine (C=N–C) groups is 1. The molecule has 36 heavy (non-hydrogen) atoms. The molecule has 3 aromatic carbocycles. The number of benzene rings is 3. The highest BCUT2D eigenvalue weighted by atomic mass is 16.5. The van der Waals surface area contributed by atoms with E-state index in [2.05, 4.69) is 0 Å². The van der Waals surface area contributed by atoms with Gasteiger partial charge in [0.05, 0.1) is 31.6 Å². The lowest BCUT2D eigenvalue weighted by atomic mass is 10.1. The Kier molecular flexibility index (Phi) is 7.49. The number of rotatable bonds is 8. The van der Waals surface area contributed by atoms with E-state index in [1.807, 2.05) is 63.2 Å². The molecule has 1 aliphatic rings. The van der Waals surface area contributed by atoms with Crippen LogP contribution in [0, 0.1) is 6.92 Å². The third kappa shape index (κ3) is 5.00. The first kappa shape index (κ1) is 24.7. The summed E-state index contributed by atoms with van der Waals surface area (Å²) in [6.07, 6.45) is 1.74. The summed E-state index contributed by atoms with van der Waals surface area (Å²) >= 11 is 0. The van der Waals surface area contributed by atoms with Crippen LogP contribution < -0.4 is 14.4 Å². The Morgan fingerprint density at radius 1 is 0.944 bits per heavy atom. The molecule has 0 saturated carbocycles. The molecule has 0 radical (unpaired) electrons. The van der Waals surface area contributed by atoms with Crippen LogP contribution in [0.3, 0.4) is 0 Å². The number of carbonyl (C=O) groups excluding carboxylic acids is 2.